The van der Waals surface area contributed by atoms with Crippen LogP contribution in [0.1, 0.15) is 11.1 Å². The van der Waals surface area contributed by atoms with E-state index in [1.165, 1.54) is 21.9 Å². The zero-order chi connectivity index (χ0) is 12.5. The van der Waals surface area contributed by atoms with E-state index in [1.54, 1.807) is 0 Å². The molecule has 0 saturated carbocycles. The normalized spacial score (nSPS) is 13.3. The van der Waals surface area contributed by atoms with Crippen LogP contribution in [-0.2, 0) is 0 Å². The molecule has 0 heteroatoms. The maximum Gasteiger partial charge on any atom is -0.0105 e. The molecule has 0 amide bonds. The first-order valence-corrected chi connectivity index (χ1v) is 6.03. The topological polar surface area (TPSA) is 0 Å². The Balaban J connectivity index is 2.56. The third-order valence-corrected chi connectivity index (χ3v) is 3.38. The summed E-state index contributed by atoms with van der Waals surface area (Å²) < 4.78 is 0. The third-order valence-electron chi connectivity index (χ3n) is 3.38. The Morgan fingerprint density at radius 1 is 0.611 bits per heavy atom. The monoisotopic (exact) mass is 230 g/mol. The number of allylic oxidation sites excluding steroid dienone is 4. The van der Waals surface area contributed by atoms with Crippen LogP contribution in [0, 0.1) is 0 Å². The van der Waals surface area contributed by atoms with E-state index in [0.29, 0.717) is 0 Å². The summed E-state index contributed by atoms with van der Waals surface area (Å²) in [7, 11) is 0. The lowest BCUT2D eigenvalue weighted by atomic mass is 9.94. The zero-order valence-electron chi connectivity index (χ0n) is 10.2. The lowest BCUT2D eigenvalue weighted by molar-refractivity contribution is 1.55. The van der Waals surface area contributed by atoms with Gasteiger partial charge < -0.3 is 0 Å². The molecule has 0 atom stereocenters. The van der Waals surface area contributed by atoms with E-state index in [-0.39, 0.29) is 0 Å². The summed E-state index contributed by atoms with van der Waals surface area (Å²) in [6.45, 7) is 8.48. The molecule has 0 unspecified atom stereocenters. The molecule has 0 heterocycles. The van der Waals surface area contributed by atoms with E-state index < -0.39 is 0 Å². The predicted octanol–water partition coefficient (Wildman–Crippen LogP) is 3.26. The fraction of sp³-hybridized carbons (Fsp3) is 0. The second kappa shape index (κ2) is 4.15. The summed E-state index contributed by atoms with van der Waals surface area (Å²) in [6, 6.07) is 8.31. The van der Waals surface area contributed by atoms with Crippen molar-refractivity contribution in [3.63, 3.8) is 0 Å². The minimum absolute atomic E-state index is 1.07. The fourth-order valence-corrected chi connectivity index (χ4v) is 2.44. The van der Waals surface area contributed by atoms with Gasteiger partial charge in [-0.3, -0.25) is 0 Å². The molecule has 0 spiro atoms. The number of hydrogen-bond donors (Lipinski definition) is 0. The van der Waals surface area contributed by atoms with Crippen molar-refractivity contribution < 1.29 is 0 Å². The highest BCUT2D eigenvalue weighted by atomic mass is 14.1. The molecule has 1 aliphatic rings. The van der Waals surface area contributed by atoms with Gasteiger partial charge in [0.25, 0.3) is 0 Å². The standard InChI is InChI=1S/C18H14/c1-13-15-9-5-3-4-6-10-16(15)14(2)18-12-8-7-11-17(13)18/h3-12H,1-2H2. The van der Waals surface area contributed by atoms with Crippen LogP contribution in [0.5, 0.6) is 0 Å². The molecule has 86 valence electrons. The van der Waals surface area contributed by atoms with Gasteiger partial charge in [0.1, 0.15) is 0 Å². The summed E-state index contributed by atoms with van der Waals surface area (Å²) in [4.78, 5) is 0. The average Bonchev–Trinajstić information content (AvgIpc) is 2.36. The van der Waals surface area contributed by atoms with Crippen molar-refractivity contribution in [1.82, 2.24) is 0 Å². The summed E-state index contributed by atoms with van der Waals surface area (Å²) in [5.41, 5.74) is 2.33. The first kappa shape index (κ1) is 10.8. The van der Waals surface area contributed by atoms with Crippen LogP contribution in [0.15, 0.2) is 48.6 Å². The smallest absolute Gasteiger partial charge is 0.0105 e. The third kappa shape index (κ3) is 1.54. The van der Waals surface area contributed by atoms with Crippen LogP contribution < -0.4 is 10.4 Å². The summed E-state index contributed by atoms with van der Waals surface area (Å²) in [5.74, 6) is 0. The number of fused-ring (bicyclic) bond motifs is 2. The van der Waals surface area contributed by atoms with Gasteiger partial charge in [0.05, 0.1) is 0 Å². The first-order valence-electron chi connectivity index (χ1n) is 6.03. The Kier molecular flexibility index (Phi) is 2.49. The molecule has 0 saturated heterocycles. The molecular formula is C18H14. The van der Waals surface area contributed by atoms with Crippen molar-refractivity contribution in [2.45, 2.75) is 0 Å². The molecule has 0 bridgehead atoms. The molecular weight excluding hydrogens is 216 g/mol. The highest BCUT2D eigenvalue weighted by molar-refractivity contribution is 5.90. The Morgan fingerprint density at radius 3 is 1.50 bits per heavy atom. The van der Waals surface area contributed by atoms with Crippen LogP contribution in [0.4, 0.5) is 0 Å². The highest BCUT2D eigenvalue weighted by Crippen LogP contribution is 2.13. The quantitative estimate of drug-likeness (QED) is 0.651. The maximum atomic E-state index is 4.24. The van der Waals surface area contributed by atoms with Gasteiger partial charge in [0.2, 0.25) is 0 Å². The maximum absolute atomic E-state index is 4.24. The Bertz CT molecular complexity index is 734. The highest BCUT2D eigenvalue weighted by Gasteiger charge is 2.05. The van der Waals surface area contributed by atoms with Crippen LogP contribution in [0.2, 0.25) is 0 Å². The van der Waals surface area contributed by atoms with Gasteiger partial charge in [-0.1, -0.05) is 73.9 Å². The molecule has 0 nitrogen and oxygen atoms in total. The molecule has 18 heavy (non-hydrogen) atoms. The average molecular weight is 230 g/mol. The van der Waals surface area contributed by atoms with Crippen LogP contribution >= 0.6 is 0 Å². The Morgan fingerprint density at radius 2 is 1.06 bits per heavy atom. The largest absolute Gasteiger partial charge is 0.0905 e. The van der Waals surface area contributed by atoms with E-state index in [1.807, 2.05) is 36.4 Å². The summed E-state index contributed by atoms with van der Waals surface area (Å²) >= 11 is 0. The SMILES string of the molecule is C=c1c2c(c(=C)c3ccccc13)C=CC=CC=C2. The van der Waals surface area contributed by atoms with Crippen molar-refractivity contribution in [3.05, 3.63) is 70.1 Å². The fourth-order valence-electron chi connectivity index (χ4n) is 2.44. The van der Waals surface area contributed by atoms with Crippen molar-refractivity contribution in [2.75, 3.05) is 0 Å². The number of rotatable bonds is 0. The molecule has 0 fully saturated rings. The van der Waals surface area contributed by atoms with E-state index in [2.05, 4.69) is 37.4 Å². The number of benzene rings is 2. The Hall–Kier alpha value is -2.34. The predicted molar refractivity (Wildman–Crippen MR) is 81.5 cm³/mol. The Labute approximate surface area is 107 Å². The van der Waals surface area contributed by atoms with E-state index in [0.717, 1.165) is 10.4 Å². The van der Waals surface area contributed by atoms with Crippen molar-refractivity contribution in [1.29, 1.82) is 0 Å². The first-order chi connectivity index (χ1) is 8.79. The minimum atomic E-state index is 1.07. The van der Waals surface area contributed by atoms with Crippen molar-refractivity contribution in [2.24, 2.45) is 0 Å². The van der Waals surface area contributed by atoms with Crippen molar-refractivity contribution in [3.8, 4) is 0 Å². The van der Waals surface area contributed by atoms with E-state index in [9.17, 15) is 0 Å². The van der Waals surface area contributed by atoms with Gasteiger partial charge in [-0.05, 0) is 32.3 Å². The van der Waals surface area contributed by atoms with Crippen LogP contribution in [-0.4, -0.2) is 0 Å². The lowest BCUT2D eigenvalue weighted by Gasteiger charge is -2.09. The molecule has 3 rings (SSSR count). The molecule has 0 N–H and O–H groups in total. The minimum Gasteiger partial charge on any atom is -0.0905 e. The van der Waals surface area contributed by atoms with Crippen LogP contribution in [0.3, 0.4) is 0 Å². The molecule has 2 aromatic rings. The molecule has 2 aromatic carbocycles. The molecule has 0 aliphatic heterocycles. The van der Waals surface area contributed by atoms with Gasteiger partial charge in [-0.15, -0.1) is 0 Å². The molecule has 1 aliphatic carbocycles. The summed E-state index contributed by atoms with van der Waals surface area (Å²) in [5, 5.41) is 4.51. The second-order valence-electron chi connectivity index (χ2n) is 4.43. The second-order valence-corrected chi connectivity index (χ2v) is 4.43. The van der Waals surface area contributed by atoms with Gasteiger partial charge in [0, 0.05) is 0 Å². The van der Waals surface area contributed by atoms with Gasteiger partial charge >= 0.3 is 0 Å². The van der Waals surface area contributed by atoms with E-state index >= 15 is 0 Å². The zero-order valence-corrected chi connectivity index (χ0v) is 10.2. The van der Waals surface area contributed by atoms with Gasteiger partial charge in [-0.2, -0.15) is 0 Å². The van der Waals surface area contributed by atoms with E-state index in [4.69, 9.17) is 0 Å². The lowest BCUT2D eigenvalue weighted by Crippen LogP contribution is -2.18. The van der Waals surface area contributed by atoms with Crippen LogP contribution in [0.25, 0.3) is 36.1 Å². The molecule has 0 aromatic heterocycles. The summed E-state index contributed by atoms with van der Waals surface area (Å²) in [6.07, 6.45) is 12.4. The van der Waals surface area contributed by atoms with Gasteiger partial charge in [-0.25, -0.2) is 0 Å². The number of hydrogen-bond acceptors (Lipinski definition) is 0. The van der Waals surface area contributed by atoms with Crippen molar-refractivity contribution >= 4 is 36.1 Å². The van der Waals surface area contributed by atoms with Gasteiger partial charge in [0.15, 0.2) is 0 Å². The molecule has 0 radical (unpaired) electrons.